The third-order valence-electron chi connectivity index (χ3n) is 2.11. The lowest BCUT2D eigenvalue weighted by Gasteiger charge is -2.17. The highest BCUT2D eigenvalue weighted by Gasteiger charge is 2.05. The van der Waals surface area contributed by atoms with Crippen LogP contribution in [-0.2, 0) is 6.54 Å². The Morgan fingerprint density at radius 2 is 2.19 bits per heavy atom. The molecule has 2 heterocycles. The quantitative estimate of drug-likeness (QED) is 0.757. The second kappa shape index (κ2) is 5.29. The number of nitrogens with zero attached hydrogens (tertiary/aromatic N) is 2. The number of halogens is 2. The second-order valence-corrected chi connectivity index (χ2v) is 6.13. The van der Waals surface area contributed by atoms with Crippen LogP contribution in [0.1, 0.15) is 4.88 Å². The van der Waals surface area contributed by atoms with Gasteiger partial charge in [-0.15, -0.1) is 11.3 Å². The van der Waals surface area contributed by atoms with Gasteiger partial charge in [0.05, 0.1) is 6.54 Å². The van der Waals surface area contributed by atoms with Gasteiger partial charge in [0.15, 0.2) is 0 Å². The van der Waals surface area contributed by atoms with Crippen molar-refractivity contribution in [3.05, 3.63) is 43.6 Å². The molecule has 0 aliphatic heterocycles. The largest absolute Gasteiger partial charge is 0.354 e. The van der Waals surface area contributed by atoms with Crippen LogP contribution in [0.2, 0.25) is 0 Å². The van der Waals surface area contributed by atoms with Crippen molar-refractivity contribution in [1.82, 2.24) is 4.98 Å². The molecular weight excluding hydrogens is 352 g/mol. The Hall–Kier alpha value is -0.390. The summed E-state index contributed by atoms with van der Waals surface area (Å²) in [6.07, 6.45) is 0. The fourth-order valence-electron chi connectivity index (χ4n) is 1.36. The molecule has 16 heavy (non-hydrogen) atoms. The minimum atomic E-state index is 0.865. The Morgan fingerprint density at radius 3 is 2.81 bits per heavy atom. The van der Waals surface area contributed by atoms with E-state index in [9.17, 15) is 0 Å². The molecule has 2 aromatic heterocycles. The summed E-state index contributed by atoms with van der Waals surface area (Å²) in [4.78, 5) is 7.86. The van der Waals surface area contributed by atoms with E-state index in [-0.39, 0.29) is 0 Å². The first-order valence-corrected chi connectivity index (χ1v) is 7.18. The molecule has 0 saturated carbocycles. The van der Waals surface area contributed by atoms with Crippen LogP contribution in [0.3, 0.4) is 0 Å². The molecule has 84 valence electrons. The maximum Gasteiger partial charge on any atom is 0.129 e. The molecule has 0 fully saturated rings. The number of hydrogen-bond acceptors (Lipinski definition) is 3. The van der Waals surface area contributed by atoms with Gasteiger partial charge < -0.3 is 4.90 Å². The summed E-state index contributed by atoms with van der Waals surface area (Å²) in [7, 11) is 2.04. The number of pyridine rings is 1. The van der Waals surface area contributed by atoms with E-state index in [1.807, 2.05) is 25.2 Å². The van der Waals surface area contributed by atoms with Crippen LogP contribution in [0, 0.1) is 0 Å². The molecule has 0 saturated heterocycles. The maximum atomic E-state index is 4.41. The van der Waals surface area contributed by atoms with E-state index in [1.165, 1.54) is 4.88 Å². The van der Waals surface area contributed by atoms with E-state index in [4.69, 9.17) is 0 Å². The van der Waals surface area contributed by atoms with Crippen molar-refractivity contribution in [3.8, 4) is 0 Å². The second-order valence-electron chi connectivity index (χ2n) is 3.41. The van der Waals surface area contributed by atoms with Crippen molar-refractivity contribution in [1.29, 1.82) is 0 Å². The minimum Gasteiger partial charge on any atom is -0.354 e. The molecule has 2 rings (SSSR count). The van der Waals surface area contributed by atoms with Gasteiger partial charge >= 0.3 is 0 Å². The number of aromatic nitrogens is 1. The molecule has 2 aromatic rings. The Morgan fingerprint density at radius 1 is 1.38 bits per heavy atom. The first-order chi connectivity index (χ1) is 7.65. The number of rotatable bonds is 3. The van der Waals surface area contributed by atoms with E-state index in [0.29, 0.717) is 0 Å². The van der Waals surface area contributed by atoms with Gasteiger partial charge in [-0.2, -0.15) is 0 Å². The predicted molar refractivity (Wildman–Crippen MR) is 76.1 cm³/mol. The highest BCUT2D eigenvalue weighted by Crippen LogP contribution is 2.22. The number of thiophene rings is 1. The molecule has 2 nitrogen and oxygen atoms in total. The van der Waals surface area contributed by atoms with Gasteiger partial charge in [-0.05, 0) is 50.1 Å². The third kappa shape index (κ3) is 3.06. The predicted octanol–water partition coefficient (Wildman–Crippen LogP) is 4.30. The summed E-state index contributed by atoms with van der Waals surface area (Å²) in [6, 6.07) is 8.07. The zero-order chi connectivity index (χ0) is 11.5. The Labute approximate surface area is 116 Å². The van der Waals surface area contributed by atoms with Crippen LogP contribution in [-0.4, -0.2) is 12.0 Å². The lowest BCUT2D eigenvalue weighted by molar-refractivity contribution is 0.909. The highest BCUT2D eigenvalue weighted by atomic mass is 79.9. The average Bonchev–Trinajstić information content (AvgIpc) is 2.64. The summed E-state index contributed by atoms with van der Waals surface area (Å²) in [5.74, 6) is 0.971. The van der Waals surface area contributed by atoms with Crippen molar-refractivity contribution < 1.29 is 0 Å². The fourth-order valence-corrected chi connectivity index (χ4v) is 3.20. The molecule has 0 bridgehead atoms. The van der Waals surface area contributed by atoms with Gasteiger partial charge in [0.1, 0.15) is 10.4 Å². The molecule has 0 aromatic carbocycles. The normalized spacial score (nSPS) is 10.4. The molecular formula is C11H10Br2N2S. The van der Waals surface area contributed by atoms with E-state index < -0.39 is 0 Å². The number of hydrogen-bond donors (Lipinski definition) is 0. The summed E-state index contributed by atoms with van der Waals surface area (Å²) in [6.45, 7) is 0.875. The minimum absolute atomic E-state index is 0.865. The molecule has 0 atom stereocenters. The Bertz CT molecular complexity index is 484. The van der Waals surface area contributed by atoms with Gasteiger partial charge in [-0.25, -0.2) is 4.98 Å². The summed E-state index contributed by atoms with van der Waals surface area (Å²) in [5.41, 5.74) is 0. The van der Waals surface area contributed by atoms with Crippen LogP contribution >= 0.6 is 43.2 Å². The molecule has 5 heteroatoms. The molecule has 0 spiro atoms. The van der Waals surface area contributed by atoms with Crippen molar-refractivity contribution in [2.45, 2.75) is 6.54 Å². The maximum absolute atomic E-state index is 4.41. The molecule has 0 radical (unpaired) electrons. The lowest BCUT2D eigenvalue weighted by Crippen LogP contribution is -2.16. The highest BCUT2D eigenvalue weighted by molar-refractivity contribution is 9.10. The molecule has 0 unspecified atom stereocenters. The van der Waals surface area contributed by atoms with E-state index in [1.54, 1.807) is 11.3 Å². The third-order valence-corrected chi connectivity index (χ3v) is 4.23. The fraction of sp³-hybridized carbons (Fsp3) is 0.182. The molecule has 0 aliphatic rings. The monoisotopic (exact) mass is 360 g/mol. The van der Waals surface area contributed by atoms with Gasteiger partial charge in [0.25, 0.3) is 0 Å². The zero-order valence-corrected chi connectivity index (χ0v) is 12.6. The molecule has 0 N–H and O–H groups in total. The standard InChI is InChI=1S/C11H10Br2N2S/c1-15(6-9-5-8(12)7-16-9)11-4-2-3-10(13)14-11/h2-5,7H,6H2,1H3. The van der Waals surface area contributed by atoms with Crippen LogP contribution in [0.5, 0.6) is 0 Å². The van der Waals surface area contributed by atoms with E-state index >= 15 is 0 Å². The van der Waals surface area contributed by atoms with Gasteiger partial charge in [-0.3, -0.25) is 0 Å². The first-order valence-electron chi connectivity index (χ1n) is 4.72. The lowest BCUT2D eigenvalue weighted by atomic mass is 10.4. The molecule has 0 amide bonds. The van der Waals surface area contributed by atoms with Crippen molar-refractivity contribution in [3.63, 3.8) is 0 Å². The Balaban J connectivity index is 2.11. The van der Waals surface area contributed by atoms with Crippen LogP contribution in [0.4, 0.5) is 5.82 Å². The van der Waals surface area contributed by atoms with Crippen LogP contribution in [0.25, 0.3) is 0 Å². The van der Waals surface area contributed by atoms with E-state index in [0.717, 1.165) is 21.4 Å². The number of anilines is 1. The van der Waals surface area contributed by atoms with Gasteiger partial charge in [0.2, 0.25) is 0 Å². The van der Waals surface area contributed by atoms with Crippen LogP contribution in [0.15, 0.2) is 38.7 Å². The van der Waals surface area contributed by atoms with Crippen LogP contribution < -0.4 is 4.90 Å². The first kappa shape index (κ1) is 12.1. The zero-order valence-electron chi connectivity index (χ0n) is 8.65. The SMILES string of the molecule is CN(Cc1cc(Br)cs1)c1cccc(Br)n1. The van der Waals surface area contributed by atoms with Crippen molar-refractivity contribution >= 4 is 49.0 Å². The van der Waals surface area contributed by atoms with Crippen molar-refractivity contribution in [2.75, 3.05) is 11.9 Å². The topological polar surface area (TPSA) is 16.1 Å². The Kier molecular flexibility index (Phi) is 4.00. The molecule has 0 aliphatic carbocycles. The summed E-state index contributed by atoms with van der Waals surface area (Å²) in [5, 5.41) is 2.09. The van der Waals surface area contributed by atoms with Gasteiger partial charge in [-0.1, -0.05) is 6.07 Å². The average molecular weight is 362 g/mol. The summed E-state index contributed by atoms with van der Waals surface area (Å²) < 4.78 is 2.01. The van der Waals surface area contributed by atoms with Gasteiger partial charge in [0, 0.05) is 21.8 Å². The van der Waals surface area contributed by atoms with Crippen molar-refractivity contribution in [2.24, 2.45) is 0 Å². The van der Waals surface area contributed by atoms with E-state index in [2.05, 4.69) is 53.2 Å². The summed E-state index contributed by atoms with van der Waals surface area (Å²) >= 11 is 8.58. The smallest absolute Gasteiger partial charge is 0.129 e.